The maximum Gasteiger partial charge on any atom is 0.252 e. The van der Waals surface area contributed by atoms with Gasteiger partial charge in [0.2, 0.25) is 0 Å². The zero-order chi connectivity index (χ0) is 28.7. The van der Waals surface area contributed by atoms with Crippen LogP contribution in [0.25, 0.3) is 11.1 Å². The zero-order valence-electron chi connectivity index (χ0n) is 25.0. The number of hydrogen-bond donors (Lipinski definition) is 1. The summed E-state index contributed by atoms with van der Waals surface area (Å²) in [4.78, 5) is 25.7. The van der Waals surface area contributed by atoms with E-state index in [0.717, 1.165) is 46.1 Å². The van der Waals surface area contributed by atoms with E-state index in [2.05, 4.69) is 37.4 Å². The van der Waals surface area contributed by atoms with Crippen molar-refractivity contribution in [2.75, 3.05) is 23.5 Å². The van der Waals surface area contributed by atoms with Gasteiger partial charge in [-0.2, -0.15) is 23.5 Å². The van der Waals surface area contributed by atoms with Crippen molar-refractivity contribution in [2.24, 2.45) is 5.92 Å². The first kappa shape index (κ1) is 32.8. The zero-order valence-corrected chi connectivity index (χ0v) is 26.6. The predicted octanol–water partition coefficient (Wildman–Crippen LogP) is 8.49. The maximum absolute atomic E-state index is 13.5. The summed E-state index contributed by atoms with van der Waals surface area (Å²) in [6, 6.07) is 13.7. The van der Waals surface area contributed by atoms with E-state index in [1.807, 2.05) is 42.3 Å². The molecular formula is C34H49NO3S2. The first-order chi connectivity index (χ1) is 19.4. The molecule has 2 aromatic carbocycles. The molecule has 4 nitrogen and oxygen atoms in total. The molecule has 0 heterocycles. The Morgan fingerprint density at radius 2 is 1.82 bits per heavy atom. The van der Waals surface area contributed by atoms with Crippen LogP contribution in [0.3, 0.4) is 0 Å². The average Bonchev–Trinajstić information content (AvgIpc) is 2.96. The molecule has 1 fully saturated rings. The Labute approximate surface area is 251 Å². The van der Waals surface area contributed by atoms with Gasteiger partial charge in [-0.05, 0) is 91.2 Å². The molecule has 220 valence electrons. The number of ether oxygens (including phenoxy) is 1. The highest BCUT2D eigenvalue weighted by Gasteiger charge is 2.22. The molecule has 6 heteroatoms. The Balaban J connectivity index is 1.80. The summed E-state index contributed by atoms with van der Waals surface area (Å²) in [7, 11) is 0. The predicted molar refractivity (Wildman–Crippen MR) is 174 cm³/mol. The molecule has 1 saturated carbocycles. The summed E-state index contributed by atoms with van der Waals surface area (Å²) in [6.45, 7) is 6.41. The quantitative estimate of drug-likeness (QED) is 0.189. The van der Waals surface area contributed by atoms with Gasteiger partial charge in [0, 0.05) is 11.3 Å². The van der Waals surface area contributed by atoms with Crippen LogP contribution in [0.4, 0.5) is 0 Å². The number of rotatable bonds is 17. The lowest BCUT2D eigenvalue weighted by Crippen LogP contribution is -2.40. The highest BCUT2D eigenvalue weighted by Crippen LogP contribution is 2.31. The van der Waals surface area contributed by atoms with Crippen molar-refractivity contribution >= 4 is 35.2 Å². The van der Waals surface area contributed by atoms with E-state index in [-0.39, 0.29) is 17.8 Å². The van der Waals surface area contributed by atoms with Gasteiger partial charge in [0.25, 0.3) is 5.91 Å². The number of carbonyl (C=O) groups excluding carboxylic acids is 2. The van der Waals surface area contributed by atoms with Crippen molar-refractivity contribution in [3.8, 4) is 11.1 Å². The van der Waals surface area contributed by atoms with Crippen LogP contribution in [-0.4, -0.2) is 47.4 Å². The molecule has 1 aliphatic carbocycles. The average molecular weight is 584 g/mol. The molecule has 0 spiro atoms. The number of benzene rings is 2. The number of nitrogens with one attached hydrogen (secondary N) is 1. The largest absolute Gasteiger partial charge is 0.373 e. The highest BCUT2D eigenvalue weighted by atomic mass is 32.2. The minimum atomic E-state index is -0.474. The lowest BCUT2D eigenvalue weighted by molar-refractivity contribution is -0.118. The molecule has 0 unspecified atom stereocenters. The third kappa shape index (κ3) is 10.6. The van der Waals surface area contributed by atoms with Crippen LogP contribution in [0.2, 0.25) is 0 Å². The van der Waals surface area contributed by atoms with Crippen molar-refractivity contribution in [1.82, 2.24) is 5.32 Å². The second kappa shape index (κ2) is 17.9. The molecule has 1 aliphatic rings. The smallest absolute Gasteiger partial charge is 0.252 e. The fourth-order valence-electron chi connectivity index (χ4n) is 5.48. The molecule has 0 bridgehead atoms. The lowest BCUT2D eigenvalue weighted by atomic mass is 9.85. The van der Waals surface area contributed by atoms with Gasteiger partial charge in [-0.3, -0.25) is 9.59 Å². The number of amides is 1. The van der Waals surface area contributed by atoms with E-state index in [4.69, 9.17) is 4.74 Å². The van der Waals surface area contributed by atoms with Crippen LogP contribution in [0, 0.1) is 12.8 Å². The summed E-state index contributed by atoms with van der Waals surface area (Å²) < 4.78 is 6.60. The number of ketones is 1. The van der Waals surface area contributed by atoms with E-state index in [9.17, 15) is 9.59 Å². The van der Waals surface area contributed by atoms with Crippen LogP contribution >= 0.6 is 23.5 Å². The standard InChI is InChI=1S/C34H49NO3S2/c1-5-6-19-40-24-29(21-27-13-8-7-9-14-27)38-23-28-16-17-31(32(22-28)30-15-11-10-12-25(30)2)34(37)35-33(26(3)36)18-20-39-4/h10-12,15-17,22,27,29,33H,5-9,13-14,18-21,23-24H2,1-4H3,(H,35,37)/t29-,33-/m0/s1. The van der Waals surface area contributed by atoms with Crippen LogP contribution in [-0.2, 0) is 16.1 Å². The Kier molecular flexibility index (Phi) is 14.7. The van der Waals surface area contributed by atoms with Gasteiger partial charge in [-0.1, -0.05) is 75.8 Å². The summed E-state index contributed by atoms with van der Waals surface area (Å²) in [5, 5.41) is 3.01. The van der Waals surface area contributed by atoms with E-state index >= 15 is 0 Å². The molecule has 0 aromatic heterocycles. The van der Waals surface area contributed by atoms with Crippen LogP contribution in [0.15, 0.2) is 42.5 Å². The molecule has 2 aromatic rings. The van der Waals surface area contributed by atoms with E-state index in [0.29, 0.717) is 18.6 Å². The Morgan fingerprint density at radius 3 is 2.52 bits per heavy atom. The van der Waals surface area contributed by atoms with Gasteiger partial charge in [0.05, 0.1) is 18.8 Å². The van der Waals surface area contributed by atoms with Gasteiger partial charge in [-0.25, -0.2) is 0 Å². The summed E-state index contributed by atoms with van der Waals surface area (Å²) >= 11 is 3.71. The third-order valence-electron chi connectivity index (χ3n) is 7.92. The minimum Gasteiger partial charge on any atom is -0.373 e. The van der Waals surface area contributed by atoms with Crippen molar-refractivity contribution < 1.29 is 14.3 Å². The lowest BCUT2D eigenvalue weighted by Gasteiger charge is -2.27. The summed E-state index contributed by atoms with van der Waals surface area (Å²) in [5.41, 5.74) is 4.72. The van der Waals surface area contributed by atoms with Crippen molar-refractivity contribution in [3.63, 3.8) is 0 Å². The van der Waals surface area contributed by atoms with Gasteiger partial charge in [-0.15, -0.1) is 0 Å². The third-order valence-corrected chi connectivity index (χ3v) is 9.75. The summed E-state index contributed by atoms with van der Waals surface area (Å²) in [6.07, 6.45) is 13.3. The Morgan fingerprint density at radius 1 is 1.05 bits per heavy atom. The second-order valence-corrected chi connectivity index (χ2v) is 13.3. The van der Waals surface area contributed by atoms with E-state index in [1.165, 1.54) is 50.7 Å². The Hall–Kier alpha value is -1.76. The molecule has 0 radical (unpaired) electrons. The second-order valence-electron chi connectivity index (χ2n) is 11.2. The molecule has 0 saturated heterocycles. The molecule has 3 rings (SSSR count). The highest BCUT2D eigenvalue weighted by molar-refractivity contribution is 7.99. The first-order valence-electron chi connectivity index (χ1n) is 15.1. The molecule has 40 heavy (non-hydrogen) atoms. The molecule has 0 aliphatic heterocycles. The SMILES string of the molecule is CCCCSC[C@H](CC1CCCCC1)OCc1ccc(C(=O)N[C@@H](CCSC)C(C)=O)c(-c2ccccc2C)c1. The number of hydrogen-bond acceptors (Lipinski definition) is 5. The maximum atomic E-state index is 13.5. The van der Waals surface area contributed by atoms with Crippen LogP contribution in [0.5, 0.6) is 0 Å². The molecule has 1 N–H and O–H groups in total. The topological polar surface area (TPSA) is 55.4 Å². The number of aryl methyl sites for hydroxylation is 1. The van der Waals surface area contributed by atoms with Crippen LogP contribution in [0.1, 0.15) is 93.1 Å². The Bertz CT molecular complexity index is 1070. The van der Waals surface area contributed by atoms with Gasteiger partial charge >= 0.3 is 0 Å². The number of carbonyl (C=O) groups is 2. The molecule has 1 amide bonds. The molecule has 2 atom stereocenters. The van der Waals surface area contributed by atoms with Crippen LogP contribution < -0.4 is 5.32 Å². The van der Waals surface area contributed by atoms with Gasteiger partial charge in [0.15, 0.2) is 5.78 Å². The monoisotopic (exact) mass is 583 g/mol. The fourth-order valence-corrected chi connectivity index (χ4v) is 7.11. The minimum absolute atomic E-state index is 0.00863. The number of thioether (sulfide) groups is 2. The first-order valence-corrected chi connectivity index (χ1v) is 17.7. The molecular weight excluding hydrogens is 535 g/mol. The van der Waals surface area contributed by atoms with Crippen molar-refractivity contribution in [3.05, 3.63) is 59.2 Å². The fraction of sp³-hybridized carbons (Fsp3) is 0.588. The van der Waals surface area contributed by atoms with E-state index < -0.39 is 6.04 Å². The normalized spacial score (nSPS) is 15.5. The van der Waals surface area contributed by atoms with Crippen molar-refractivity contribution in [1.29, 1.82) is 0 Å². The number of unbranched alkanes of at least 4 members (excludes halogenated alkanes) is 1. The van der Waals surface area contributed by atoms with E-state index in [1.54, 1.807) is 18.7 Å². The van der Waals surface area contributed by atoms with Gasteiger partial charge < -0.3 is 10.1 Å². The summed E-state index contributed by atoms with van der Waals surface area (Å²) in [5.74, 6) is 3.63. The van der Waals surface area contributed by atoms with Gasteiger partial charge in [0.1, 0.15) is 0 Å². The van der Waals surface area contributed by atoms with Crippen molar-refractivity contribution in [2.45, 2.75) is 97.3 Å². The number of Topliss-reactive ketones (excluding diaryl/α,β-unsaturated/α-hetero) is 1.